The maximum absolute atomic E-state index is 12.0. The monoisotopic (exact) mass is 383 g/mol. The average Bonchev–Trinajstić information content (AvgIpc) is 2.91. The molecule has 0 aliphatic carbocycles. The van der Waals surface area contributed by atoms with Gasteiger partial charge in [0.25, 0.3) is 11.8 Å². The predicted octanol–water partition coefficient (Wildman–Crippen LogP) is 3.84. The first-order valence-corrected chi connectivity index (χ1v) is 10.2. The first-order valence-electron chi connectivity index (χ1n) is 10.2. The van der Waals surface area contributed by atoms with E-state index in [1.807, 2.05) is 0 Å². The van der Waals surface area contributed by atoms with Gasteiger partial charge in [-0.05, 0) is 12.8 Å². The Hall–Kier alpha value is -1.92. The summed E-state index contributed by atoms with van der Waals surface area (Å²) in [5.74, 6) is -2.23. The highest BCUT2D eigenvalue weighted by atomic mass is 16.7. The summed E-state index contributed by atoms with van der Waals surface area (Å²) in [6.07, 6.45) is 10.5. The van der Waals surface area contributed by atoms with Gasteiger partial charge < -0.3 is 9.57 Å². The molecule has 0 radical (unpaired) electrons. The third-order valence-corrected chi connectivity index (χ3v) is 4.56. The Balaban J connectivity index is 2.25. The molecule has 1 aliphatic rings. The number of nitrogens with zero attached hydrogens (tertiary/aromatic N) is 1. The van der Waals surface area contributed by atoms with E-state index in [1.165, 1.54) is 45.4 Å². The van der Waals surface area contributed by atoms with Crippen molar-refractivity contribution in [2.75, 3.05) is 0 Å². The van der Waals surface area contributed by atoms with Gasteiger partial charge in [-0.3, -0.25) is 14.4 Å². The van der Waals surface area contributed by atoms with Crippen molar-refractivity contribution in [2.24, 2.45) is 0 Å². The second kappa shape index (κ2) is 13.3. The van der Waals surface area contributed by atoms with E-state index in [-0.39, 0.29) is 19.3 Å². The molecule has 0 N–H and O–H groups in total. The number of esters is 1. The molecular formula is C20H33NO6. The summed E-state index contributed by atoms with van der Waals surface area (Å²) in [5.41, 5.74) is 0. The van der Waals surface area contributed by atoms with Crippen molar-refractivity contribution in [3.63, 3.8) is 0 Å². The molecule has 7 nitrogen and oxygen atoms in total. The molecule has 1 rings (SSSR count). The molecule has 1 fully saturated rings. The summed E-state index contributed by atoms with van der Waals surface area (Å²) < 4.78 is 5.18. The van der Waals surface area contributed by atoms with E-state index in [4.69, 9.17) is 9.57 Å². The molecule has 1 saturated heterocycles. The molecule has 0 unspecified atom stereocenters. The highest BCUT2D eigenvalue weighted by Gasteiger charge is 2.33. The number of hydroxylamine groups is 2. The van der Waals surface area contributed by atoms with Crippen LogP contribution in [0.4, 0.5) is 0 Å². The topological polar surface area (TPSA) is 90.0 Å². The molecule has 154 valence electrons. The largest absolute Gasteiger partial charge is 0.462 e. The molecule has 0 aromatic heterocycles. The van der Waals surface area contributed by atoms with Crippen molar-refractivity contribution in [1.29, 1.82) is 0 Å². The van der Waals surface area contributed by atoms with Gasteiger partial charge in [0.15, 0.2) is 0 Å². The Kier molecular flexibility index (Phi) is 11.4. The van der Waals surface area contributed by atoms with Gasteiger partial charge in [0.05, 0.1) is 6.42 Å². The van der Waals surface area contributed by atoms with E-state index < -0.39 is 29.9 Å². The SMILES string of the molecule is CCCCCCCCCCC[C@H](CC(=O)ON1C(=O)CCC1=O)OC(C)=O. The fourth-order valence-corrected chi connectivity index (χ4v) is 3.10. The zero-order valence-corrected chi connectivity index (χ0v) is 16.7. The maximum atomic E-state index is 12.0. The van der Waals surface area contributed by atoms with E-state index in [1.54, 1.807) is 0 Å². The molecule has 1 heterocycles. The number of rotatable bonds is 14. The zero-order valence-electron chi connectivity index (χ0n) is 16.7. The van der Waals surface area contributed by atoms with Crippen LogP contribution in [-0.2, 0) is 28.8 Å². The van der Waals surface area contributed by atoms with E-state index >= 15 is 0 Å². The van der Waals surface area contributed by atoms with Gasteiger partial charge in [0, 0.05) is 19.8 Å². The number of unbranched alkanes of at least 4 members (excludes halogenated alkanes) is 8. The standard InChI is InChI=1S/C20H33NO6/c1-3-4-5-6-7-8-9-10-11-12-17(26-16(2)22)15-20(25)27-21-18(23)13-14-19(21)24/h17H,3-15H2,1-2H3/t17-/m1/s1. The van der Waals surface area contributed by atoms with E-state index in [9.17, 15) is 19.2 Å². The van der Waals surface area contributed by atoms with E-state index in [0.29, 0.717) is 11.5 Å². The quantitative estimate of drug-likeness (QED) is 0.257. The minimum absolute atomic E-state index is 0.0535. The van der Waals surface area contributed by atoms with Gasteiger partial charge in [0.2, 0.25) is 0 Å². The van der Waals surface area contributed by atoms with Crippen LogP contribution in [-0.4, -0.2) is 34.9 Å². The Morgan fingerprint density at radius 2 is 1.44 bits per heavy atom. The summed E-state index contributed by atoms with van der Waals surface area (Å²) in [6.45, 7) is 3.50. The lowest BCUT2D eigenvalue weighted by molar-refractivity contribution is -0.199. The lowest BCUT2D eigenvalue weighted by Gasteiger charge is -2.18. The fourth-order valence-electron chi connectivity index (χ4n) is 3.10. The lowest BCUT2D eigenvalue weighted by Crippen LogP contribution is -2.33. The third kappa shape index (κ3) is 10.1. The first-order chi connectivity index (χ1) is 12.9. The van der Waals surface area contributed by atoms with Crippen LogP contribution in [0.3, 0.4) is 0 Å². The lowest BCUT2D eigenvalue weighted by atomic mass is 10.0. The predicted molar refractivity (Wildman–Crippen MR) is 99.2 cm³/mol. The molecule has 0 spiro atoms. The molecule has 27 heavy (non-hydrogen) atoms. The molecule has 2 amide bonds. The highest BCUT2D eigenvalue weighted by Crippen LogP contribution is 2.17. The zero-order chi connectivity index (χ0) is 20.1. The van der Waals surface area contributed by atoms with Crippen LogP contribution in [0.1, 0.15) is 97.3 Å². The summed E-state index contributed by atoms with van der Waals surface area (Å²) in [6, 6.07) is 0. The second-order valence-electron chi connectivity index (χ2n) is 7.10. The van der Waals surface area contributed by atoms with Gasteiger partial charge in [-0.2, -0.15) is 0 Å². The van der Waals surface area contributed by atoms with Crippen molar-refractivity contribution in [3.05, 3.63) is 0 Å². The summed E-state index contributed by atoms with van der Waals surface area (Å²) in [7, 11) is 0. The van der Waals surface area contributed by atoms with Crippen molar-refractivity contribution in [1.82, 2.24) is 5.06 Å². The van der Waals surface area contributed by atoms with Gasteiger partial charge in [0.1, 0.15) is 6.10 Å². The fraction of sp³-hybridized carbons (Fsp3) is 0.800. The normalized spacial score (nSPS) is 15.1. The van der Waals surface area contributed by atoms with Crippen molar-refractivity contribution in [2.45, 2.75) is 103 Å². The van der Waals surface area contributed by atoms with E-state index in [0.717, 1.165) is 19.3 Å². The van der Waals surface area contributed by atoms with Crippen LogP contribution >= 0.6 is 0 Å². The molecule has 1 atom stereocenters. The number of carbonyl (C=O) groups excluding carboxylic acids is 4. The van der Waals surface area contributed by atoms with Crippen molar-refractivity contribution < 1.29 is 28.8 Å². The number of amides is 2. The number of hydrogen-bond donors (Lipinski definition) is 0. The second-order valence-corrected chi connectivity index (χ2v) is 7.10. The smallest absolute Gasteiger partial charge is 0.336 e. The van der Waals surface area contributed by atoms with Crippen LogP contribution in [0, 0.1) is 0 Å². The number of imide groups is 1. The average molecular weight is 383 g/mol. The minimum Gasteiger partial charge on any atom is -0.462 e. The van der Waals surface area contributed by atoms with Crippen LogP contribution in [0.5, 0.6) is 0 Å². The van der Waals surface area contributed by atoms with E-state index in [2.05, 4.69) is 6.92 Å². The molecule has 7 heteroatoms. The summed E-state index contributed by atoms with van der Waals surface area (Å²) in [4.78, 5) is 51.0. The van der Waals surface area contributed by atoms with Crippen LogP contribution < -0.4 is 0 Å². The Morgan fingerprint density at radius 1 is 0.926 bits per heavy atom. The molecule has 0 saturated carbocycles. The molecule has 0 bridgehead atoms. The Bertz CT molecular complexity index is 489. The van der Waals surface area contributed by atoms with Crippen molar-refractivity contribution >= 4 is 23.8 Å². The van der Waals surface area contributed by atoms with Gasteiger partial charge in [-0.15, -0.1) is 5.06 Å². The Morgan fingerprint density at radius 3 is 1.96 bits per heavy atom. The summed E-state index contributed by atoms with van der Waals surface area (Å²) in [5, 5.41) is 0.520. The molecular weight excluding hydrogens is 350 g/mol. The maximum Gasteiger partial charge on any atom is 0.336 e. The van der Waals surface area contributed by atoms with Gasteiger partial charge >= 0.3 is 11.9 Å². The molecule has 0 aromatic rings. The van der Waals surface area contributed by atoms with Crippen LogP contribution in [0.25, 0.3) is 0 Å². The molecule has 1 aliphatic heterocycles. The number of ether oxygens (including phenoxy) is 1. The van der Waals surface area contributed by atoms with Crippen LogP contribution in [0.2, 0.25) is 0 Å². The number of hydrogen-bond acceptors (Lipinski definition) is 6. The first kappa shape index (κ1) is 23.1. The van der Waals surface area contributed by atoms with Gasteiger partial charge in [-0.1, -0.05) is 58.3 Å². The van der Waals surface area contributed by atoms with Crippen LogP contribution in [0.15, 0.2) is 0 Å². The van der Waals surface area contributed by atoms with Gasteiger partial charge in [-0.25, -0.2) is 4.79 Å². The summed E-state index contributed by atoms with van der Waals surface area (Å²) >= 11 is 0. The minimum atomic E-state index is -0.735. The Labute approximate surface area is 161 Å². The van der Waals surface area contributed by atoms with Crippen molar-refractivity contribution in [3.8, 4) is 0 Å². The third-order valence-electron chi connectivity index (χ3n) is 4.56. The number of carbonyl (C=O) groups is 4. The molecule has 0 aromatic carbocycles. The highest BCUT2D eigenvalue weighted by molar-refractivity contribution is 6.01.